The second kappa shape index (κ2) is 5.82. The van der Waals surface area contributed by atoms with Crippen LogP contribution in [0.1, 0.15) is 29.6 Å². The zero-order valence-electron chi connectivity index (χ0n) is 9.88. The molecule has 0 N–H and O–H groups in total. The highest BCUT2D eigenvalue weighted by Gasteiger charge is 2.08. The largest absolute Gasteiger partial charge is 0.253 e. The summed E-state index contributed by atoms with van der Waals surface area (Å²) in [6, 6.07) is 10.2. The molecule has 0 saturated carbocycles. The van der Waals surface area contributed by atoms with Crippen LogP contribution in [0.5, 0.6) is 0 Å². The second-order valence-corrected chi connectivity index (χ2v) is 4.60. The van der Waals surface area contributed by atoms with E-state index in [1.165, 1.54) is 5.56 Å². The first kappa shape index (κ1) is 12.1. The van der Waals surface area contributed by atoms with Crippen LogP contribution in [0.15, 0.2) is 36.7 Å². The zero-order valence-corrected chi connectivity index (χ0v) is 10.6. The highest BCUT2D eigenvalue weighted by atomic mass is 35.5. The predicted molar refractivity (Wildman–Crippen MR) is 69.0 cm³/mol. The first-order chi connectivity index (χ1) is 8.27. The predicted octanol–water partition coefficient (Wildman–Crippen LogP) is 3.12. The summed E-state index contributed by atoms with van der Waals surface area (Å²) in [4.78, 5) is 4.19. The van der Waals surface area contributed by atoms with Crippen LogP contribution in [0.3, 0.4) is 0 Å². The van der Waals surface area contributed by atoms with E-state index in [4.69, 9.17) is 11.6 Å². The molecule has 0 fully saturated rings. The monoisotopic (exact) mass is 249 g/mol. The highest BCUT2D eigenvalue weighted by Crippen LogP contribution is 2.25. The first-order valence-corrected chi connectivity index (χ1v) is 6.23. The number of aromatic nitrogens is 3. The molecule has 0 spiro atoms. The molecule has 0 aliphatic rings. The highest BCUT2D eigenvalue weighted by molar-refractivity contribution is 6.20. The van der Waals surface area contributed by atoms with E-state index in [9.17, 15) is 0 Å². The molecule has 1 unspecified atom stereocenters. The Morgan fingerprint density at radius 2 is 2.06 bits per heavy atom. The van der Waals surface area contributed by atoms with Gasteiger partial charge in [-0.05, 0) is 18.4 Å². The molecule has 2 rings (SSSR count). The van der Waals surface area contributed by atoms with Crippen molar-refractivity contribution in [2.45, 2.75) is 24.6 Å². The minimum Gasteiger partial charge on any atom is -0.253 e. The van der Waals surface area contributed by atoms with Gasteiger partial charge in [-0.1, -0.05) is 30.3 Å². The van der Waals surface area contributed by atoms with Crippen molar-refractivity contribution in [2.24, 2.45) is 7.05 Å². The molecule has 0 amide bonds. The molecule has 0 bridgehead atoms. The van der Waals surface area contributed by atoms with Crippen molar-refractivity contribution in [2.75, 3.05) is 0 Å². The molecule has 3 nitrogen and oxygen atoms in total. The van der Waals surface area contributed by atoms with Crippen LogP contribution in [-0.4, -0.2) is 14.8 Å². The van der Waals surface area contributed by atoms with Gasteiger partial charge in [0.15, 0.2) is 0 Å². The number of aryl methyl sites for hydroxylation is 2. The van der Waals surface area contributed by atoms with Gasteiger partial charge >= 0.3 is 0 Å². The van der Waals surface area contributed by atoms with Gasteiger partial charge in [0.2, 0.25) is 0 Å². The van der Waals surface area contributed by atoms with Gasteiger partial charge in [-0.15, -0.1) is 11.6 Å². The fraction of sp³-hybridized carbons (Fsp3) is 0.385. The Balaban J connectivity index is 1.81. The third kappa shape index (κ3) is 3.30. The van der Waals surface area contributed by atoms with Gasteiger partial charge < -0.3 is 0 Å². The molecule has 90 valence electrons. The van der Waals surface area contributed by atoms with Crippen molar-refractivity contribution in [3.05, 3.63) is 48.0 Å². The molecule has 17 heavy (non-hydrogen) atoms. The lowest BCUT2D eigenvalue weighted by atomic mass is 10.1. The normalized spacial score (nSPS) is 12.6. The van der Waals surface area contributed by atoms with Crippen molar-refractivity contribution in [3.8, 4) is 0 Å². The molecule has 1 heterocycles. The Bertz CT molecular complexity index is 453. The van der Waals surface area contributed by atoms with E-state index in [0.29, 0.717) is 0 Å². The van der Waals surface area contributed by atoms with Crippen LogP contribution < -0.4 is 0 Å². The second-order valence-electron chi connectivity index (χ2n) is 4.07. The van der Waals surface area contributed by atoms with E-state index in [2.05, 4.69) is 22.2 Å². The molecule has 0 saturated heterocycles. The topological polar surface area (TPSA) is 30.7 Å². The quantitative estimate of drug-likeness (QED) is 0.763. The average molecular weight is 250 g/mol. The Kier molecular flexibility index (Phi) is 4.15. The van der Waals surface area contributed by atoms with Crippen molar-refractivity contribution in [1.82, 2.24) is 14.8 Å². The minimum atomic E-state index is 0.0874. The maximum Gasteiger partial charge on any atom is 0.138 e. The van der Waals surface area contributed by atoms with Crippen LogP contribution in [0.4, 0.5) is 0 Å². The van der Waals surface area contributed by atoms with E-state index >= 15 is 0 Å². The van der Waals surface area contributed by atoms with Gasteiger partial charge in [-0.3, -0.25) is 4.68 Å². The smallest absolute Gasteiger partial charge is 0.138 e. The maximum absolute atomic E-state index is 6.34. The zero-order chi connectivity index (χ0) is 12.1. The molecule has 1 aromatic carbocycles. The van der Waals surface area contributed by atoms with Crippen LogP contribution in [0.25, 0.3) is 0 Å². The van der Waals surface area contributed by atoms with Gasteiger partial charge in [0.25, 0.3) is 0 Å². The van der Waals surface area contributed by atoms with Crippen LogP contribution >= 0.6 is 11.6 Å². The Morgan fingerprint density at radius 1 is 1.29 bits per heavy atom. The van der Waals surface area contributed by atoms with Crippen molar-refractivity contribution < 1.29 is 0 Å². The van der Waals surface area contributed by atoms with E-state index in [1.54, 1.807) is 6.33 Å². The number of hydrogen-bond acceptors (Lipinski definition) is 2. The van der Waals surface area contributed by atoms with Gasteiger partial charge in [0, 0.05) is 13.5 Å². The molecule has 0 aliphatic carbocycles. The Morgan fingerprint density at radius 3 is 2.71 bits per heavy atom. The molecule has 0 radical (unpaired) electrons. The molecule has 4 heteroatoms. The minimum absolute atomic E-state index is 0.0874. The SMILES string of the molecule is Cn1ncnc1CCCC(Cl)c1ccccc1. The van der Waals surface area contributed by atoms with E-state index in [-0.39, 0.29) is 5.38 Å². The Labute approximate surface area is 106 Å². The van der Waals surface area contributed by atoms with Gasteiger partial charge in [0.05, 0.1) is 5.38 Å². The summed E-state index contributed by atoms with van der Waals surface area (Å²) in [5.41, 5.74) is 1.19. The third-order valence-electron chi connectivity index (χ3n) is 2.82. The molecule has 1 aromatic heterocycles. The third-order valence-corrected chi connectivity index (χ3v) is 3.29. The van der Waals surface area contributed by atoms with E-state index in [1.807, 2.05) is 29.9 Å². The molecular formula is C13H16ClN3. The average Bonchev–Trinajstić information content (AvgIpc) is 2.76. The van der Waals surface area contributed by atoms with Crippen molar-refractivity contribution >= 4 is 11.6 Å². The number of halogens is 1. The van der Waals surface area contributed by atoms with Gasteiger partial charge in [-0.2, -0.15) is 5.10 Å². The lowest BCUT2D eigenvalue weighted by Gasteiger charge is -2.09. The first-order valence-electron chi connectivity index (χ1n) is 5.79. The molecule has 1 atom stereocenters. The molecular weight excluding hydrogens is 234 g/mol. The number of alkyl halides is 1. The Hall–Kier alpha value is -1.35. The van der Waals surface area contributed by atoms with E-state index in [0.717, 1.165) is 25.1 Å². The van der Waals surface area contributed by atoms with Gasteiger partial charge in [-0.25, -0.2) is 4.98 Å². The van der Waals surface area contributed by atoms with Crippen LogP contribution in [0.2, 0.25) is 0 Å². The summed E-state index contributed by atoms with van der Waals surface area (Å²) in [5.74, 6) is 1.02. The summed E-state index contributed by atoms with van der Waals surface area (Å²) in [5, 5.41) is 4.13. The summed E-state index contributed by atoms with van der Waals surface area (Å²) in [7, 11) is 1.91. The van der Waals surface area contributed by atoms with Crippen LogP contribution in [-0.2, 0) is 13.5 Å². The summed E-state index contributed by atoms with van der Waals surface area (Å²) < 4.78 is 1.81. The van der Waals surface area contributed by atoms with Gasteiger partial charge in [0.1, 0.15) is 12.2 Å². The number of rotatable bonds is 5. The fourth-order valence-electron chi connectivity index (χ4n) is 1.81. The maximum atomic E-state index is 6.34. The number of hydrogen-bond donors (Lipinski definition) is 0. The summed E-state index contributed by atoms with van der Waals surface area (Å²) >= 11 is 6.34. The standard InChI is InChI=1S/C13H16ClN3/c1-17-13(15-10-16-17)9-5-8-12(14)11-6-3-2-4-7-11/h2-4,6-7,10,12H,5,8-9H2,1H3. The summed E-state index contributed by atoms with van der Waals surface area (Å²) in [6.07, 6.45) is 4.49. The lowest BCUT2D eigenvalue weighted by molar-refractivity contribution is 0.642. The van der Waals surface area contributed by atoms with Crippen LogP contribution in [0, 0.1) is 0 Å². The summed E-state index contributed by atoms with van der Waals surface area (Å²) in [6.45, 7) is 0. The fourth-order valence-corrected chi connectivity index (χ4v) is 2.11. The number of benzene rings is 1. The molecule has 2 aromatic rings. The lowest BCUT2D eigenvalue weighted by Crippen LogP contribution is -2.00. The van der Waals surface area contributed by atoms with Crippen molar-refractivity contribution in [1.29, 1.82) is 0 Å². The number of nitrogens with zero attached hydrogens (tertiary/aromatic N) is 3. The molecule has 0 aliphatic heterocycles. The van der Waals surface area contributed by atoms with Crippen molar-refractivity contribution in [3.63, 3.8) is 0 Å². The van der Waals surface area contributed by atoms with E-state index < -0.39 is 0 Å².